The number of nitrogens with one attached hydrogen (secondary N) is 1. The fourth-order valence-corrected chi connectivity index (χ4v) is 2.41. The highest BCUT2D eigenvalue weighted by atomic mass is 15.4. The Balaban J connectivity index is 1.81. The van der Waals surface area contributed by atoms with Gasteiger partial charge in [0.25, 0.3) is 0 Å². The van der Waals surface area contributed by atoms with Crippen LogP contribution in [-0.2, 0) is 0 Å². The highest BCUT2D eigenvalue weighted by Crippen LogP contribution is 2.18. The molecular formula is C15H13N7. The van der Waals surface area contributed by atoms with Gasteiger partial charge in [0, 0.05) is 16.8 Å². The first-order valence-corrected chi connectivity index (χ1v) is 6.88. The second-order valence-corrected chi connectivity index (χ2v) is 5.06. The summed E-state index contributed by atoms with van der Waals surface area (Å²) in [6, 6.07) is 9.75. The Morgan fingerprint density at radius 2 is 1.73 bits per heavy atom. The van der Waals surface area contributed by atoms with Gasteiger partial charge in [-0.3, -0.25) is 5.32 Å². The summed E-state index contributed by atoms with van der Waals surface area (Å²) in [7, 11) is 0. The van der Waals surface area contributed by atoms with Crippen LogP contribution >= 0.6 is 0 Å². The molecule has 7 heteroatoms. The minimum absolute atomic E-state index is 0.447. The lowest BCUT2D eigenvalue weighted by molar-refractivity contribution is 0.933. The molecule has 108 valence electrons. The average molecular weight is 291 g/mol. The largest absolute Gasteiger partial charge is 0.291 e. The number of anilines is 2. The third kappa shape index (κ3) is 2.12. The van der Waals surface area contributed by atoms with E-state index in [9.17, 15) is 0 Å². The molecule has 0 atom stereocenters. The van der Waals surface area contributed by atoms with Crippen LogP contribution in [0, 0.1) is 13.8 Å². The van der Waals surface area contributed by atoms with E-state index < -0.39 is 0 Å². The Kier molecular flexibility index (Phi) is 2.72. The highest BCUT2D eigenvalue weighted by Gasteiger charge is 2.09. The van der Waals surface area contributed by atoms with Crippen LogP contribution in [0.3, 0.4) is 0 Å². The van der Waals surface area contributed by atoms with Crippen molar-refractivity contribution in [3.8, 4) is 0 Å². The van der Waals surface area contributed by atoms with E-state index in [1.165, 1.54) is 0 Å². The second-order valence-electron chi connectivity index (χ2n) is 5.06. The molecule has 0 aliphatic heterocycles. The molecule has 3 heterocycles. The molecule has 1 N–H and O–H groups in total. The molecule has 4 aromatic rings. The van der Waals surface area contributed by atoms with E-state index in [0.717, 1.165) is 27.9 Å². The summed E-state index contributed by atoms with van der Waals surface area (Å²) in [6.07, 6.45) is 1.65. The van der Waals surface area contributed by atoms with Crippen molar-refractivity contribution < 1.29 is 0 Å². The van der Waals surface area contributed by atoms with E-state index >= 15 is 0 Å². The lowest BCUT2D eigenvalue weighted by Crippen LogP contribution is -2.01. The number of benzene rings is 1. The molecule has 4 rings (SSSR count). The summed E-state index contributed by atoms with van der Waals surface area (Å²) in [5, 5.41) is 8.37. The number of aryl methyl sites for hydroxylation is 2. The van der Waals surface area contributed by atoms with Gasteiger partial charge in [-0.05, 0) is 32.0 Å². The Morgan fingerprint density at radius 3 is 2.55 bits per heavy atom. The van der Waals surface area contributed by atoms with Gasteiger partial charge in [0.15, 0.2) is 5.65 Å². The number of rotatable bonds is 2. The zero-order valence-corrected chi connectivity index (χ0v) is 12.1. The van der Waals surface area contributed by atoms with Crippen molar-refractivity contribution >= 4 is 28.4 Å². The van der Waals surface area contributed by atoms with E-state index in [2.05, 4.69) is 30.4 Å². The van der Waals surface area contributed by atoms with Crippen LogP contribution in [0.15, 0.2) is 36.7 Å². The number of para-hydroxylation sites is 1. The first-order valence-electron chi connectivity index (χ1n) is 6.88. The molecule has 7 nitrogen and oxygen atoms in total. The summed E-state index contributed by atoms with van der Waals surface area (Å²) < 4.78 is 1.65. The smallest absolute Gasteiger partial charge is 0.249 e. The Labute approximate surface area is 126 Å². The summed E-state index contributed by atoms with van der Waals surface area (Å²) in [5.41, 5.74) is 3.42. The molecule has 0 spiro atoms. The van der Waals surface area contributed by atoms with Crippen LogP contribution in [0.2, 0.25) is 0 Å². The van der Waals surface area contributed by atoms with Gasteiger partial charge < -0.3 is 0 Å². The number of hydrogen-bond acceptors (Lipinski definition) is 6. The maximum Gasteiger partial charge on any atom is 0.249 e. The van der Waals surface area contributed by atoms with Crippen molar-refractivity contribution in [1.29, 1.82) is 0 Å². The third-order valence-corrected chi connectivity index (χ3v) is 3.29. The number of hydrogen-bond donors (Lipinski definition) is 1. The van der Waals surface area contributed by atoms with Crippen molar-refractivity contribution in [3.05, 3.63) is 48.0 Å². The van der Waals surface area contributed by atoms with Gasteiger partial charge in [-0.2, -0.15) is 9.50 Å². The Hall–Kier alpha value is -3.09. The fraction of sp³-hybridized carbons (Fsp3) is 0.133. The summed E-state index contributed by atoms with van der Waals surface area (Å²) in [6.45, 7) is 3.85. The monoisotopic (exact) mass is 291 g/mol. The molecule has 1 aromatic carbocycles. The molecule has 22 heavy (non-hydrogen) atoms. The maximum atomic E-state index is 4.52. The predicted octanol–water partition coefficient (Wildman–Crippen LogP) is 2.43. The van der Waals surface area contributed by atoms with Crippen LogP contribution in [0.4, 0.5) is 11.9 Å². The van der Waals surface area contributed by atoms with Gasteiger partial charge in [0.05, 0.1) is 5.52 Å². The second kappa shape index (κ2) is 4.73. The summed E-state index contributed by atoms with van der Waals surface area (Å²) in [5.74, 6) is 0.939. The molecule has 0 amide bonds. The van der Waals surface area contributed by atoms with E-state index in [0.29, 0.717) is 11.9 Å². The minimum Gasteiger partial charge on any atom is -0.291 e. The zero-order valence-electron chi connectivity index (χ0n) is 12.1. The fourth-order valence-electron chi connectivity index (χ4n) is 2.41. The quantitative estimate of drug-likeness (QED) is 0.611. The van der Waals surface area contributed by atoms with Crippen molar-refractivity contribution in [2.24, 2.45) is 0 Å². The third-order valence-electron chi connectivity index (χ3n) is 3.29. The minimum atomic E-state index is 0.447. The summed E-state index contributed by atoms with van der Waals surface area (Å²) >= 11 is 0. The number of aromatic nitrogens is 6. The molecule has 0 aliphatic carbocycles. The van der Waals surface area contributed by atoms with Gasteiger partial charge in [-0.25, -0.2) is 15.0 Å². The SMILES string of the molecule is Cc1cc(C)nc(Nc2nc3c4ccccc4ncn3n2)n1. The molecule has 0 saturated heterocycles. The van der Waals surface area contributed by atoms with Crippen LogP contribution in [0.25, 0.3) is 16.6 Å². The van der Waals surface area contributed by atoms with Crippen molar-refractivity contribution in [1.82, 2.24) is 29.5 Å². The molecule has 0 radical (unpaired) electrons. The van der Waals surface area contributed by atoms with Gasteiger partial charge in [-0.15, -0.1) is 5.10 Å². The maximum absolute atomic E-state index is 4.52. The average Bonchev–Trinajstić information content (AvgIpc) is 2.89. The van der Waals surface area contributed by atoms with Crippen molar-refractivity contribution in [2.75, 3.05) is 5.32 Å². The van der Waals surface area contributed by atoms with Crippen molar-refractivity contribution in [2.45, 2.75) is 13.8 Å². The van der Waals surface area contributed by atoms with Gasteiger partial charge in [-0.1, -0.05) is 12.1 Å². The predicted molar refractivity (Wildman–Crippen MR) is 83.1 cm³/mol. The standard InChI is InChI=1S/C15H13N7/c1-9-7-10(2)18-14(17-9)20-15-19-13-11-5-3-4-6-12(11)16-8-22(13)21-15/h3-8H,1-2H3,(H,17,18,20,21). The molecule has 0 bridgehead atoms. The lowest BCUT2D eigenvalue weighted by Gasteiger charge is -2.02. The van der Waals surface area contributed by atoms with E-state index in [1.807, 2.05) is 44.2 Å². The van der Waals surface area contributed by atoms with E-state index in [-0.39, 0.29) is 0 Å². The molecule has 0 aliphatic rings. The normalized spacial score (nSPS) is 11.2. The van der Waals surface area contributed by atoms with Gasteiger partial charge in [0.1, 0.15) is 6.33 Å². The van der Waals surface area contributed by atoms with Crippen LogP contribution in [-0.4, -0.2) is 29.5 Å². The number of fused-ring (bicyclic) bond motifs is 3. The van der Waals surface area contributed by atoms with Crippen LogP contribution < -0.4 is 5.32 Å². The van der Waals surface area contributed by atoms with Crippen LogP contribution in [0.1, 0.15) is 11.4 Å². The van der Waals surface area contributed by atoms with Crippen molar-refractivity contribution in [3.63, 3.8) is 0 Å². The molecule has 0 fully saturated rings. The molecule has 3 aromatic heterocycles. The molecule has 0 saturated carbocycles. The van der Waals surface area contributed by atoms with Gasteiger partial charge in [0.2, 0.25) is 11.9 Å². The van der Waals surface area contributed by atoms with E-state index in [4.69, 9.17) is 0 Å². The summed E-state index contributed by atoms with van der Waals surface area (Å²) in [4.78, 5) is 17.5. The Morgan fingerprint density at radius 1 is 0.955 bits per heavy atom. The first-order chi connectivity index (χ1) is 10.7. The highest BCUT2D eigenvalue weighted by molar-refractivity contribution is 5.91. The lowest BCUT2D eigenvalue weighted by atomic mass is 10.2. The number of nitrogens with zero attached hydrogens (tertiary/aromatic N) is 6. The van der Waals surface area contributed by atoms with E-state index in [1.54, 1.807) is 10.8 Å². The zero-order chi connectivity index (χ0) is 15.1. The Bertz CT molecular complexity index is 969. The first kappa shape index (κ1) is 12.6. The topological polar surface area (TPSA) is 80.9 Å². The van der Waals surface area contributed by atoms with Gasteiger partial charge >= 0.3 is 0 Å². The van der Waals surface area contributed by atoms with Crippen LogP contribution in [0.5, 0.6) is 0 Å². The molecular weight excluding hydrogens is 278 g/mol. The molecule has 0 unspecified atom stereocenters.